The number of hydroxylamine groups is 2. The average molecular weight is 400 g/mol. The lowest BCUT2D eigenvalue weighted by atomic mass is 9.94. The summed E-state index contributed by atoms with van der Waals surface area (Å²) in [5, 5.41) is 0.503. The number of imide groups is 1. The molecular formula is C21H24N2O6. The van der Waals surface area contributed by atoms with Gasteiger partial charge in [0.25, 0.3) is 11.8 Å². The Hall–Kier alpha value is -2.90. The second kappa shape index (κ2) is 6.86. The van der Waals surface area contributed by atoms with E-state index < -0.39 is 35.5 Å². The fourth-order valence-electron chi connectivity index (χ4n) is 4.51. The van der Waals surface area contributed by atoms with E-state index >= 15 is 0 Å². The number of benzene rings is 1. The largest absolute Gasteiger partial charge is 0.444 e. The Kier molecular flexibility index (Phi) is 4.59. The summed E-state index contributed by atoms with van der Waals surface area (Å²) >= 11 is 0. The third-order valence-corrected chi connectivity index (χ3v) is 5.70. The van der Waals surface area contributed by atoms with Crippen LogP contribution in [-0.2, 0) is 14.4 Å². The van der Waals surface area contributed by atoms with Crippen LogP contribution in [0.5, 0.6) is 0 Å². The third kappa shape index (κ3) is 3.36. The number of rotatable bonds is 2. The lowest BCUT2D eigenvalue weighted by Crippen LogP contribution is -2.48. The first-order chi connectivity index (χ1) is 13.7. The van der Waals surface area contributed by atoms with Gasteiger partial charge in [0.15, 0.2) is 0 Å². The summed E-state index contributed by atoms with van der Waals surface area (Å²) in [7, 11) is 0. The highest BCUT2D eigenvalue weighted by Gasteiger charge is 2.52. The van der Waals surface area contributed by atoms with Gasteiger partial charge in [0, 0.05) is 6.54 Å². The first-order valence-electron chi connectivity index (χ1n) is 9.86. The zero-order chi connectivity index (χ0) is 20.9. The smallest absolute Gasteiger partial charge is 0.411 e. The predicted octanol–water partition coefficient (Wildman–Crippen LogP) is 2.78. The lowest BCUT2D eigenvalue weighted by Gasteiger charge is -2.29. The summed E-state index contributed by atoms with van der Waals surface area (Å²) in [6.45, 7) is 5.68. The molecule has 2 aliphatic heterocycles. The van der Waals surface area contributed by atoms with Crippen LogP contribution in [0, 0.1) is 11.8 Å². The van der Waals surface area contributed by atoms with Gasteiger partial charge in [-0.15, -0.1) is 0 Å². The molecule has 154 valence electrons. The lowest BCUT2D eigenvalue weighted by molar-refractivity contribution is -0.175. The SMILES string of the molecule is CC(C)(C)OC(=O)N1C[C@@H]2CCC[C@@H]2[C@@H]1C(=O)ON1C(=O)c2ccccc2C1=O. The molecule has 0 aromatic heterocycles. The molecule has 8 nitrogen and oxygen atoms in total. The van der Waals surface area contributed by atoms with Crippen LogP contribution in [-0.4, -0.2) is 52.0 Å². The van der Waals surface area contributed by atoms with Gasteiger partial charge in [-0.1, -0.05) is 23.6 Å². The molecule has 3 aliphatic rings. The predicted molar refractivity (Wildman–Crippen MR) is 101 cm³/mol. The van der Waals surface area contributed by atoms with Crippen LogP contribution in [0.15, 0.2) is 24.3 Å². The van der Waals surface area contributed by atoms with Crippen molar-refractivity contribution in [3.8, 4) is 0 Å². The first kappa shape index (κ1) is 19.4. The molecule has 1 aromatic carbocycles. The van der Waals surface area contributed by atoms with Gasteiger partial charge < -0.3 is 9.57 Å². The summed E-state index contributed by atoms with van der Waals surface area (Å²) in [5.41, 5.74) is -0.315. The Balaban J connectivity index is 1.55. The summed E-state index contributed by atoms with van der Waals surface area (Å²) in [5.74, 6) is -2.01. The van der Waals surface area contributed by atoms with Crippen molar-refractivity contribution in [3.63, 3.8) is 0 Å². The Morgan fingerprint density at radius 2 is 1.66 bits per heavy atom. The number of carbonyl (C=O) groups is 4. The number of hydrogen-bond acceptors (Lipinski definition) is 6. The molecule has 1 aromatic rings. The van der Waals surface area contributed by atoms with Gasteiger partial charge in [-0.3, -0.25) is 14.5 Å². The van der Waals surface area contributed by atoms with E-state index in [4.69, 9.17) is 9.57 Å². The van der Waals surface area contributed by atoms with Crippen LogP contribution >= 0.6 is 0 Å². The van der Waals surface area contributed by atoms with Crippen LogP contribution < -0.4 is 0 Å². The molecule has 2 fully saturated rings. The number of likely N-dealkylation sites (tertiary alicyclic amines) is 1. The van der Waals surface area contributed by atoms with Gasteiger partial charge in [-0.25, -0.2) is 9.59 Å². The van der Waals surface area contributed by atoms with Gasteiger partial charge in [-0.2, -0.15) is 0 Å². The van der Waals surface area contributed by atoms with Crippen molar-refractivity contribution in [2.45, 2.75) is 51.7 Å². The molecule has 0 unspecified atom stereocenters. The maximum atomic E-state index is 13.0. The number of nitrogens with zero attached hydrogens (tertiary/aromatic N) is 2. The molecule has 0 bridgehead atoms. The average Bonchev–Trinajstić information content (AvgIpc) is 3.29. The summed E-state index contributed by atoms with van der Waals surface area (Å²) < 4.78 is 5.46. The van der Waals surface area contributed by atoms with E-state index in [2.05, 4.69) is 0 Å². The van der Waals surface area contributed by atoms with E-state index in [1.165, 1.54) is 17.0 Å². The van der Waals surface area contributed by atoms with Crippen LogP contribution in [0.3, 0.4) is 0 Å². The van der Waals surface area contributed by atoms with E-state index in [0.717, 1.165) is 19.3 Å². The quantitative estimate of drug-likeness (QED) is 0.709. The maximum absolute atomic E-state index is 13.0. The van der Waals surface area contributed by atoms with Crippen molar-refractivity contribution in [3.05, 3.63) is 35.4 Å². The second-order valence-corrected chi connectivity index (χ2v) is 8.79. The molecule has 3 amide bonds. The molecule has 3 atom stereocenters. The first-order valence-corrected chi connectivity index (χ1v) is 9.86. The molecule has 1 saturated carbocycles. The molecule has 29 heavy (non-hydrogen) atoms. The Morgan fingerprint density at radius 3 is 2.24 bits per heavy atom. The van der Waals surface area contributed by atoms with Crippen molar-refractivity contribution in [2.75, 3.05) is 6.54 Å². The van der Waals surface area contributed by atoms with Crippen LogP contribution in [0.1, 0.15) is 60.7 Å². The third-order valence-electron chi connectivity index (χ3n) is 5.70. The summed E-state index contributed by atoms with van der Waals surface area (Å²) in [6, 6.07) is 5.43. The van der Waals surface area contributed by atoms with Gasteiger partial charge in [0.05, 0.1) is 11.1 Å². The van der Waals surface area contributed by atoms with Crippen molar-refractivity contribution >= 4 is 23.9 Å². The molecular weight excluding hydrogens is 376 g/mol. The minimum Gasteiger partial charge on any atom is -0.444 e. The number of hydrogen-bond donors (Lipinski definition) is 0. The number of fused-ring (bicyclic) bond motifs is 2. The van der Waals surface area contributed by atoms with Crippen molar-refractivity contribution in [1.29, 1.82) is 0 Å². The number of carbonyl (C=O) groups excluding carboxylic acids is 4. The minimum absolute atomic E-state index is 0.0646. The van der Waals surface area contributed by atoms with Crippen molar-refractivity contribution in [2.24, 2.45) is 11.8 Å². The topological polar surface area (TPSA) is 93.2 Å². The van der Waals surface area contributed by atoms with E-state index in [1.807, 2.05) is 0 Å². The van der Waals surface area contributed by atoms with Crippen LogP contribution in [0.2, 0.25) is 0 Å². The Morgan fingerprint density at radius 1 is 1.03 bits per heavy atom. The molecule has 2 heterocycles. The number of amides is 3. The van der Waals surface area contributed by atoms with Crippen LogP contribution in [0.25, 0.3) is 0 Å². The van der Waals surface area contributed by atoms with E-state index in [1.54, 1.807) is 32.9 Å². The molecule has 8 heteroatoms. The molecule has 0 radical (unpaired) electrons. The van der Waals surface area contributed by atoms with Gasteiger partial charge in [-0.05, 0) is 57.6 Å². The van der Waals surface area contributed by atoms with E-state index in [0.29, 0.717) is 11.6 Å². The normalized spacial score (nSPS) is 25.8. The minimum atomic E-state index is -0.873. The summed E-state index contributed by atoms with van der Waals surface area (Å²) in [6.07, 6.45) is 2.08. The molecule has 1 saturated heterocycles. The molecule has 0 N–H and O–H groups in total. The standard InChI is InChI=1S/C21H24N2O6/c1-21(2,3)28-20(27)22-11-12-7-6-10-13(12)16(22)19(26)29-23-17(24)14-8-4-5-9-15(14)18(23)25/h4-5,8-9,12-13,16H,6-7,10-11H2,1-3H3/t12-,13-,16+/m0/s1. The maximum Gasteiger partial charge on any atom is 0.411 e. The second-order valence-electron chi connectivity index (χ2n) is 8.79. The van der Waals surface area contributed by atoms with Gasteiger partial charge in [0.1, 0.15) is 11.6 Å². The fraction of sp³-hybridized carbons (Fsp3) is 0.524. The highest BCUT2D eigenvalue weighted by atomic mass is 16.7. The zero-order valence-corrected chi connectivity index (χ0v) is 16.7. The summed E-state index contributed by atoms with van der Waals surface area (Å²) in [4.78, 5) is 57.4. The van der Waals surface area contributed by atoms with Crippen LogP contribution in [0.4, 0.5) is 4.79 Å². The zero-order valence-electron chi connectivity index (χ0n) is 16.7. The van der Waals surface area contributed by atoms with E-state index in [-0.39, 0.29) is 23.0 Å². The Bertz CT molecular complexity index is 854. The molecule has 1 aliphatic carbocycles. The highest BCUT2D eigenvalue weighted by Crippen LogP contribution is 2.43. The Labute approximate surface area is 168 Å². The highest BCUT2D eigenvalue weighted by molar-refractivity contribution is 6.20. The van der Waals surface area contributed by atoms with Gasteiger partial charge >= 0.3 is 12.1 Å². The monoisotopic (exact) mass is 400 g/mol. The fourth-order valence-corrected chi connectivity index (χ4v) is 4.51. The van der Waals surface area contributed by atoms with Crippen molar-refractivity contribution in [1.82, 2.24) is 9.96 Å². The molecule has 0 spiro atoms. The van der Waals surface area contributed by atoms with Crippen molar-refractivity contribution < 1.29 is 28.8 Å². The van der Waals surface area contributed by atoms with E-state index in [9.17, 15) is 19.2 Å². The van der Waals surface area contributed by atoms with Gasteiger partial charge in [0.2, 0.25) is 0 Å². The molecule has 4 rings (SSSR count). The number of ether oxygens (including phenoxy) is 1.